The molecule has 1 unspecified atom stereocenters. The van der Waals surface area contributed by atoms with Gasteiger partial charge in [0.25, 0.3) is 0 Å². The minimum atomic E-state index is 0.174. The molecule has 1 atom stereocenters. The molecular weight excluding hydrogens is 346 g/mol. The summed E-state index contributed by atoms with van der Waals surface area (Å²) in [6.07, 6.45) is 1.62. The van der Waals surface area contributed by atoms with E-state index in [-0.39, 0.29) is 5.91 Å². The third-order valence-electron chi connectivity index (χ3n) is 5.27. The Kier molecular flexibility index (Phi) is 9.18. The van der Waals surface area contributed by atoms with Gasteiger partial charge >= 0.3 is 0 Å². The highest BCUT2D eigenvalue weighted by Gasteiger charge is 2.18. The van der Waals surface area contributed by atoms with Crippen LogP contribution in [-0.2, 0) is 11.3 Å². The lowest BCUT2D eigenvalue weighted by Crippen LogP contribution is -2.43. The summed E-state index contributed by atoms with van der Waals surface area (Å²) in [4.78, 5) is 19.1. The molecular formula is C24H35N3O. The SMILES string of the molecule is CCC(=O)N(CCN(C)CC(CC)N(C)Cc1ccccc1)c1ccccc1. The molecule has 0 heterocycles. The average Bonchev–Trinajstić information content (AvgIpc) is 2.73. The molecule has 0 aromatic heterocycles. The molecule has 152 valence electrons. The maximum Gasteiger partial charge on any atom is 0.226 e. The standard InChI is InChI=1S/C24H35N3O/c1-5-22(26(4)19-21-13-9-7-10-14-21)20-25(3)17-18-27(24(28)6-2)23-15-11-8-12-16-23/h7-16,22H,5-6,17-20H2,1-4H3. The van der Waals surface area contributed by atoms with Crippen LogP contribution in [0.4, 0.5) is 5.69 Å². The van der Waals surface area contributed by atoms with Crippen molar-refractivity contribution in [1.82, 2.24) is 9.80 Å². The van der Waals surface area contributed by atoms with E-state index in [1.807, 2.05) is 42.2 Å². The molecule has 0 fully saturated rings. The molecule has 2 aromatic carbocycles. The predicted octanol–water partition coefficient (Wildman–Crippen LogP) is 4.27. The van der Waals surface area contributed by atoms with E-state index >= 15 is 0 Å². The summed E-state index contributed by atoms with van der Waals surface area (Å²) in [5.41, 5.74) is 2.32. The summed E-state index contributed by atoms with van der Waals surface area (Å²) in [5.74, 6) is 0.174. The van der Waals surface area contributed by atoms with Crippen molar-refractivity contribution < 1.29 is 4.79 Å². The van der Waals surface area contributed by atoms with Gasteiger partial charge in [-0.05, 0) is 38.2 Å². The summed E-state index contributed by atoms with van der Waals surface area (Å²) in [6, 6.07) is 21.1. The lowest BCUT2D eigenvalue weighted by molar-refractivity contribution is -0.118. The van der Waals surface area contributed by atoms with Crippen molar-refractivity contribution in [3.05, 3.63) is 66.2 Å². The van der Waals surface area contributed by atoms with Crippen molar-refractivity contribution in [1.29, 1.82) is 0 Å². The van der Waals surface area contributed by atoms with Crippen LogP contribution in [0.1, 0.15) is 32.3 Å². The normalized spacial score (nSPS) is 12.4. The number of hydrogen-bond acceptors (Lipinski definition) is 3. The van der Waals surface area contributed by atoms with Gasteiger partial charge in [0.1, 0.15) is 0 Å². The van der Waals surface area contributed by atoms with Gasteiger partial charge in [0.05, 0.1) is 0 Å². The van der Waals surface area contributed by atoms with E-state index in [0.29, 0.717) is 19.0 Å². The van der Waals surface area contributed by atoms with Crippen LogP contribution in [0.2, 0.25) is 0 Å². The smallest absolute Gasteiger partial charge is 0.226 e. The van der Waals surface area contributed by atoms with Crippen LogP contribution in [-0.4, -0.2) is 55.5 Å². The second kappa shape index (κ2) is 11.6. The van der Waals surface area contributed by atoms with Crippen LogP contribution in [0.15, 0.2) is 60.7 Å². The largest absolute Gasteiger partial charge is 0.311 e. The lowest BCUT2D eigenvalue weighted by Gasteiger charge is -2.32. The molecule has 0 aliphatic carbocycles. The first kappa shape index (κ1) is 22.1. The summed E-state index contributed by atoms with van der Waals surface area (Å²) in [6.45, 7) is 7.69. The second-order valence-electron chi connectivity index (χ2n) is 7.46. The van der Waals surface area contributed by atoms with E-state index < -0.39 is 0 Å². The Morgan fingerprint density at radius 1 is 0.893 bits per heavy atom. The van der Waals surface area contributed by atoms with Gasteiger partial charge in [0, 0.05) is 44.3 Å². The zero-order valence-electron chi connectivity index (χ0n) is 17.8. The Labute approximate surface area is 170 Å². The van der Waals surface area contributed by atoms with Crippen LogP contribution in [0.25, 0.3) is 0 Å². The quantitative estimate of drug-likeness (QED) is 0.581. The minimum absolute atomic E-state index is 0.174. The zero-order chi connectivity index (χ0) is 20.4. The van der Waals surface area contributed by atoms with Crippen molar-refractivity contribution in [2.45, 2.75) is 39.3 Å². The molecule has 0 spiro atoms. The number of nitrogens with zero attached hydrogens (tertiary/aromatic N) is 3. The fourth-order valence-corrected chi connectivity index (χ4v) is 3.50. The molecule has 0 N–H and O–H groups in total. The van der Waals surface area contributed by atoms with E-state index in [9.17, 15) is 4.79 Å². The van der Waals surface area contributed by atoms with E-state index in [0.717, 1.165) is 31.7 Å². The molecule has 28 heavy (non-hydrogen) atoms. The Morgan fingerprint density at radius 2 is 1.50 bits per heavy atom. The Morgan fingerprint density at radius 3 is 2.07 bits per heavy atom. The third-order valence-corrected chi connectivity index (χ3v) is 5.27. The number of likely N-dealkylation sites (N-methyl/N-ethyl adjacent to an activating group) is 2. The molecule has 0 saturated carbocycles. The number of carbonyl (C=O) groups is 1. The Balaban J connectivity index is 1.91. The second-order valence-corrected chi connectivity index (χ2v) is 7.46. The van der Waals surface area contributed by atoms with Crippen molar-refractivity contribution in [2.75, 3.05) is 38.6 Å². The molecule has 0 aliphatic rings. The highest BCUT2D eigenvalue weighted by atomic mass is 16.2. The molecule has 0 aliphatic heterocycles. The molecule has 0 saturated heterocycles. The van der Waals surface area contributed by atoms with E-state index in [4.69, 9.17) is 0 Å². The first-order chi connectivity index (χ1) is 13.5. The lowest BCUT2D eigenvalue weighted by atomic mass is 10.1. The van der Waals surface area contributed by atoms with Crippen LogP contribution >= 0.6 is 0 Å². The van der Waals surface area contributed by atoms with E-state index in [2.05, 4.69) is 61.2 Å². The number of rotatable bonds is 11. The zero-order valence-corrected chi connectivity index (χ0v) is 17.8. The van der Waals surface area contributed by atoms with Gasteiger partial charge in [-0.3, -0.25) is 9.69 Å². The fourth-order valence-electron chi connectivity index (χ4n) is 3.50. The maximum atomic E-state index is 12.4. The Bertz CT molecular complexity index is 690. The molecule has 0 bridgehead atoms. The van der Waals surface area contributed by atoms with Crippen molar-refractivity contribution in [2.24, 2.45) is 0 Å². The van der Waals surface area contributed by atoms with Gasteiger partial charge < -0.3 is 9.80 Å². The fraction of sp³-hybridized carbons (Fsp3) is 0.458. The Hall–Kier alpha value is -2.17. The maximum absolute atomic E-state index is 12.4. The molecule has 4 nitrogen and oxygen atoms in total. The summed E-state index contributed by atoms with van der Waals surface area (Å²) >= 11 is 0. The highest BCUT2D eigenvalue weighted by Crippen LogP contribution is 2.15. The number of para-hydroxylation sites is 1. The van der Waals surface area contributed by atoms with Crippen molar-refractivity contribution in [3.8, 4) is 0 Å². The predicted molar refractivity (Wildman–Crippen MR) is 119 cm³/mol. The average molecular weight is 382 g/mol. The number of anilines is 1. The van der Waals surface area contributed by atoms with Crippen molar-refractivity contribution >= 4 is 11.6 Å². The number of amides is 1. The van der Waals surface area contributed by atoms with Crippen LogP contribution < -0.4 is 4.90 Å². The third kappa shape index (κ3) is 6.77. The number of carbonyl (C=O) groups excluding carboxylic acids is 1. The summed E-state index contributed by atoms with van der Waals surface area (Å²) < 4.78 is 0. The molecule has 2 aromatic rings. The van der Waals surface area contributed by atoms with Gasteiger partial charge in [-0.15, -0.1) is 0 Å². The van der Waals surface area contributed by atoms with E-state index in [1.165, 1.54) is 5.56 Å². The van der Waals surface area contributed by atoms with Gasteiger partial charge in [0.2, 0.25) is 5.91 Å². The molecule has 1 amide bonds. The van der Waals surface area contributed by atoms with Crippen molar-refractivity contribution in [3.63, 3.8) is 0 Å². The summed E-state index contributed by atoms with van der Waals surface area (Å²) in [5, 5.41) is 0. The van der Waals surface area contributed by atoms with Gasteiger partial charge in [-0.2, -0.15) is 0 Å². The summed E-state index contributed by atoms with van der Waals surface area (Å²) in [7, 11) is 4.35. The molecule has 4 heteroatoms. The van der Waals surface area contributed by atoms with Crippen LogP contribution in [0.5, 0.6) is 0 Å². The van der Waals surface area contributed by atoms with Crippen LogP contribution in [0, 0.1) is 0 Å². The van der Waals surface area contributed by atoms with E-state index in [1.54, 1.807) is 0 Å². The number of benzene rings is 2. The van der Waals surface area contributed by atoms with Crippen LogP contribution in [0.3, 0.4) is 0 Å². The number of hydrogen-bond donors (Lipinski definition) is 0. The topological polar surface area (TPSA) is 26.8 Å². The first-order valence-corrected chi connectivity index (χ1v) is 10.3. The van der Waals surface area contributed by atoms with Gasteiger partial charge in [-0.1, -0.05) is 62.4 Å². The monoisotopic (exact) mass is 381 g/mol. The van der Waals surface area contributed by atoms with Gasteiger partial charge in [0.15, 0.2) is 0 Å². The molecule has 2 rings (SSSR count). The highest BCUT2D eigenvalue weighted by molar-refractivity contribution is 5.93. The minimum Gasteiger partial charge on any atom is -0.311 e. The van der Waals surface area contributed by atoms with Gasteiger partial charge in [-0.25, -0.2) is 0 Å². The molecule has 0 radical (unpaired) electrons. The first-order valence-electron chi connectivity index (χ1n) is 10.3.